The van der Waals surface area contributed by atoms with E-state index in [1.54, 1.807) is 0 Å². The van der Waals surface area contributed by atoms with Gasteiger partial charge >= 0.3 is 0 Å². The third-order valence-corrected chi connectivity index (χ3v) is 5.02. The van der Waals surface area contributed by atoms with Crippen molar-refractivity contribution in [3.63, 3.8) is 0 Å². The van der Waals surface area contributed by atoms with Crippen molar-refractivity contribution < 1.29 is 5.11 Å². The summed E-state index contributed by atoms with van der Waals surface area (Å²) in [5.41, 5.74) is 5.17. The number of nitrogens with zero attached hydrogens (tertiary/aromatic N) is 3. The van der Waals surface area contributed by atoms with Gasteiger partial charge in [-0.25, -0.2) is 9.97 Å². The Morgan fingerprint density at radius 3 is 2.07 bits per heavy atom. The number of fused-ring (bicyclic) bond motifs is 1. The van der Waals surface area contributed by atoms with Crippen LogP contribution >= 0.6 is 0 Å². The molecule has 3 aromatic rings. The lowest BCUT2D eigenvalue weighted by Gasteiger charge is -2.30. The Morgan fingerprint density at radius 2 is 1.44 bits per heavy atom. The Bertz CT molecular complexity index is 881. The fourth-order valence-corrected chi connectivity index (χ4v) is 3.65. The van der Waals surface area contributed by atoms with Gasteiger partial charge in [-0.1, -0.05) is 60.7 Å². The van der Waals surface area contributed by atoms with E-state index >= 15 is 0 Å². The second-order valence-electron chi connectivity index (χ2n) is 6.94. The maximum atomic E-state index is 9.10. The number of hydrogen-bond acceptors (Lipinski definition) is 4. The van der Waals surface area contributed by atoms with Gasteiger partial charge in [0.2, 0.25) is 0 Å². The predicted octanol–water partition coefficient (Wildman–Crippen LogP) is 4.34. The largest absolute Gasteiger partial charge is 0.396 e. The van der Waals surface area contributed by atoms with E-state index in [9.17, 15) is 0 Å². The normalized spacial score (nSPS) is 13.4. The summed E-state index contributed by atoms with van der Waals surface area (Å²) >= 11 is 0. The number of aliphatic hydroxyl groups is 1. The number of benzene rings is 2. The van der Waals surface area contributed by atoms with Crippen LogP contribution in [0.1, 0.15) is 25.0 Å². The van der Waals surface area contributed by atoms with Crippen LogP contribution in [0.25, 0.3) is 22.5 Å². The number of aliphatic hydroxyl groups excluding tert-OH is 1. The number of unbranched alkanes of at least 4 members (excludes halogenated alkanes) is 1. The monoisotopic (exact) mass is 359 g/mol. The van der Waals surface area contributed by atoms with Crippen LogP contribution < -0.4 is 4.90 Å². The Kier molecular flexibility index (Phi) is 5.45. The number of anilines is 1. The predicted molar refractivity (Wildman–Crippen MR) is 110 cm³/mol. The van der Waals surface area contributed by atoms with Gasteiger partial charge in [-0.3, -0.25) is 0 Å². The van der Waals surface area contributed by atoms with Crippen LogP contribution in [-0.4, -0.2) is 34.8 Å². The first-order valence-corrected chi connectivity index (χ1v) is 9.74. The molecule has 1 aromatic heterocycles. The highest BCUT2D eigenvalue weighted by Gasteiger charge is 2.23. The first kappa shape index (κ1) is 17.7. The van der Waals surface area contributed by atoms with E-state index in [-0.39, 0.29) is 6.61 Å². The Morgan fingerprint density at radius 1 is 0.815 bits per heavy atom. The molecule has 138 valence electrons. The van der Waals surface area contributed by atoms with Gasteiger partial charge < -0.3 is 10.0 Å². The van der Waals surface area contributed by atoms with Crippen LogP contribution in [0.15, 0.2) is 60.7 Å². The zero-order chi connectivity index (χ0) is 18.5. The van der Waals surface area contributed by atoms with E-state index in [0.29, 0.717) is 0 Å². The van der Waals surface area contributed by atoms with E-state index < -0.39 is 0 Å². The first-order chi connectivity index (χ1) is 13.4. The van der Waals surface area contributed by atoms with Crippen molar-refractivity contribution in [3.05, 3.63) is 66.4 Å². The van der Waals surface area contributed by atoms with Crippen molar-refractivity contribution in [2.24, 2.45) is 0 Å². The van der Waals surface area contributed by atoms with Crippen LogP contribution in [-0.2, 0) is 6.42 Å². The lowest BCUT2D eigenvalue weighted by atomic mass is 10.0. The van der Waals surface area contributed by atoms with Crippen LogP contribution in [0.5, 0.6) is 0 Å². The van der Waals surface area contributed by atoms with E-state index in [2.05, 4.69) is 29.2 Å². The SMILES string of the molecule is OCCCCN1CCCc2nc(-c3ccccc3)c(-c3ccccc3)nc21. The van der Waals surface area contributed by atoms with Gasteiger partial charge in [0, 0.05) is 30.8 Å². The van der Waals surface area contributed by atoms with Crippen molar-refractivity contribution in [1.82, 2.24) is 9.97 Å². The summed E-state index contributed by atoms with van der Waals surface area (Å²) in [4.78, 5) is 12.5. The minimum atomic E-state index is 0.245. The summed E-state index contributed by atoms with van der Waals surface area (Å²) in [5.74, 6) is 1.01. The molecular formula is C23H25N3O. The molecule has 4 rings (SSSR count). The van der Waals surface area contributed by atoms with Crippen molar-refractivity contribution in [2.75, 3.05) is 24.6 Å². The van der Waals surface area contributed by atoms with Gasteiger partial charge in [0.1, 0.15) is 0 Å². The molecule has 0 amide bonds. The van der Waals surface area contributed by atoms with Crippen molar-refractivity contribution in [2.45, 2.75) is 25.7 Å². The molecule has 0 saturated heterocycles. The average Bonchev–Trinajstić information content (AvgIpc) is 2.74. The van der Waals surface area contributed by atoms with Crippen molar-refractivity contribution >= 4 is 5.82 Å². The highest BCUT2D eigenvalue weighted by Crippen LogP contribution is 2.34. The van der Waals surface area contributed by atoms with Crippen LogP contribution in [0.2, 0.25) is 0 Å². The fourth-order valence-electron chi connectivity index (χ4n) is 3.65. The Hall–Kier alpha value is -2.72. The van der Waals surface area contributed by atoms with E-state index in [4.69, 9.17) is 15.1 Å². The molecule has 4 heteroatoms. The molecule has 0 atom stereocenters. The summed E-state index contributed by atoms with van der Waals surface area (Å²) < 4.78 is 0. The van der Waals surface area contributed by atoms with Gasteiger partial charge in [0.15, 0.2) is 5.82 Å². The molecule has 1 aliphatic heterocycles. The zero-order valence-corrected chi connectivity index (χ0v) is 15.5. The van der Waals surface area contributed by atoms with E-state index in [0.717, 1.165) is 72.8 Å². The second-order valence-corrected chi connectivity index (χ2v) is 6.94. The average molecular weight is 359 g/mol. The molecule has 0 unspecified atom stereocenters. The van der Waals surface area contributed by atoms with Crippen molar-refractivity contribution in [1.29, 1.82) is 0 Å². The lowest BCUT2D eigenvalue weighted by molar-refractivity contribution is 0.285. The highest BCUT2D eigenvalue weighted by molar-refractivity contribution is 5.79. The number of aromatic nitrogens is 2. The maximum absolute atomic E-state index is 9.10. The minimum Gasteiger partial charge on any atom is -0.396 e. The molecule has 4 nitrogen and oxygen atoms in total. The Balaban J connectivity index is 1.81. The van der Waals surface area contributed by atoms with Crippen molar-refractivity contribution in [3.8, 4) is 22.5 Å². The third-order valence-electron chi connectivity index (χ3n) is 5.02. The molecule has 0 bridgehead atoms. The molecule has 1 aliphatic rings. The van der Waals surface area contributed by atoms with E-state index in [1.807, 2.05) is 36.4 Å². The smallest absolute Gasteiger partial charge is 0.151 e. The maximum Gasteiger partial charge on any atom is 0.151 e. The van der Waals surface area contributed by atoms with Crippen LogP contribution in [0.3, 0.4) is 0 Å². The van der Waals surface area contributed by atoms with E-state index in [1.165, 1.54) is 0 Å². The van der Waals surface area contributed by atoms with Crippen LogP contribution in [0.4, 0.5) is 5.82 Å². The molecule has 2 aromatic carbocycles. The van der Waals surface area contributed by atoms with Gasteiger partial charge in [-0.15, -0.1) is 0 Å². The molecule has 27 heavy (non-hydrogen) atoms. The topological polar surface area (TPSA) is 49.2 Å². The molecule has 1 N–H and O–H groups in total. The molecule has 2 heterocycles. The summed E-state index contributed by atoms with van der Waals surface area (Å²) in [6.45, 7) is 2.17. The third kappa shape index (κ3) is 3.86. The van der Waals surface area contributed by atoms with Gasteiger partial charge in [-0.2, -0.15) is 0 Å². The molecule has 0 saturated carbocycles. The minimum absolute atomic E-state index is 0.245. The molecule has 0 spiro atoms. The van der Waals surface area contributed by atoms with Gasteiger partial charge in [0.25, 0.3) is 0 Å². The summed E-state index contributed by atoms with van der Waals surface area (Å²) in [6, 6.07) is 20.6. The van der Waals surface area contributed by atoms with Crippen LogP contribution in [0, 0.1) is 0 Å². The lowest BCUT2D eigenvalue weighted by Crippen LogP contribution is -2.32. The number of aryl methyl sites for hydroxylation is 1. The zero-order valence-electron chi connectivity index (χ0n) is 15.5. The summed E-state index contributed by atoms with van der Waals surface area (Å²) in [7, 11) is 0. The Labute approximate surface area is 160 Å². The first-order valence-electron chi connectivity index (χ1n) is 9.74. The number of hydrogen-bond donors (Lipinski definition) is 1. The van der Waals surface area contributed by atoms with Gasteiger partial charge in [-0.05, 0) is 25.7 Å². The standard InChI is InChI=1S/C23H25N3O/c27-17-8-7-15-26-16-9-14-20-23(26)25-22(19-12-5-2-6-13-19)21(24-20)18-10-3-1-4-11-18/h1-6,10-13,27H,7-9,14-17H2. The summed E-state index contributed by atoms with van der Waals surface area (Å²) in [5, 5.41) is 9.10. The second kappa shape index (κ2) is 8.31. The summed E-state index contributed by atoms with van der Waals surface area (Å²) in [6.07, 6.45) is 3.86. The van der Waals surface area contributed by atoms with Gasteiger partial charge in [0.05, 0.1) is 17.1 Å². The molecule has 0 radical (unpaired) electrons. The quantitative estimate of drug-likeness (QED) is 0.665. The fraction of sp³-hybridized carbons (Fsp3) is 0.304. The number of rotatable bonds is 6. The molecule has 0 aliphatic carbocycles. The molecule has 0 fully saturated rings. The molecular weight excluding hydrogens is 334 g/mol. The highest BCUT2D eigenvalue weighted by atomic mass is 16.2.